The SMILES string of the molecule is CC1CC(C)CC(O)(c2c(Cl)cnn2CCN(C)C)C1. The van der Waals surface area contributed by atoms with Crippen molar-refractivity contribution in [3.8, 4) is 0 Å². The fraction of sp³-hybridized carbons (Fsp3) is 0.800. The lowest BCUT2D eigenvalue weighted by molar-refractivity contribution is -0.0432. The number of halogens is 1. The third-order valence-corrected chi connectivity index (χ3v) is 4.45. The maximum absolute atomic E-state index is 11.1. The molecule has 0 spiro atoms. The summed E-state index contributed by atoms with van der Waals surface area (Å²) >= 11 is 6.32. The minimum Gasteiger partial charge on any atom is -0.383 e. The second-order valence-corrected chi connectivity index (χ2v) is 7.16. The Morgan fingerprint density at radius 1 is 1.40 bits per heavy atom. The van der Waals surface area contributed by atoms with Gasteiger partial charge in [-0.1, -0.05) is 25.4 Å². The molecule has 1 heterocycles. The fourth-order valence-electron chi connectivity index (χ4n) is 3.57. The normalized spacial score (nSPS) is 30.9. The molecule has 4 nitrogen and oxygen atoms in total. The molecular formula is C15H26ClN3O. The zero-order chi connectivity index (χ0) is 14.9. The maximum Gasteiger partial charge on any atom is 0.108 e. The largest absolute Gasteiger partial charge is 0.383 e. The van der Waals surface area contributed by atoms with Gasteiger partial charge in [0.2, 0.25) is 0 Å². The van der Waals surface area contributed by atoms with Gasteiger partial charge in [0.05, 0.1) is 23.5 Å². The summed E-state index contributed by atoms with van der Waals surface area (Å²) in [4.78, 5) is 2.11. The van der Waals surface area contributed by atoms with E-state index < -0.39 is 5.60 Å². The minimum absolute atomic E-state index is 0.511. The van der Waals surface area contributed by atoms with E-state index in [1.54, 1.807) is 6.20 Å². The van der Waals surface area contributed by atoms with Gasteiger partial charge in [-0.15, -0.1) is 0 Å². The molecule has 0 saturated heterocycles. The van der Waals surface area contributed by atoms with Gasteiger partial charge in [-0.05, 0) is 45.2 Å². The van der Waals surface area contributed by atoms with Crippen molar-refractivity contribution >= 4 is 11.6 Å². The first-order valence-corrected chi connectivity index (χ1v) is 7.78. The molecule has 114 valence electrons. The number of aromatic nitrogens is 2. The average molecular weight is 300 g/mol. The van der Waals surface area contributed by atoms with Crippen molar-refractivity contribution in [2.75, 3.05) is 20.6 Å². The highest BCUT2D eigenvalue weighted by Gasteiger charge is 2.41. The summed E-state index contributed by atoms with van der Waals surface area (Å²) in [6, 6.07) is 0. The van der Waals surface area contributed by atoms with Crippen LogP contribution in [0.4, 0.5) is 0 Å². The Hall–Kier alpha value is -0.580. The van der Waals surface area contributed by atoms with Gasteiger partial charge in [-0.2, -0.15) is 5.10 Å². The summed E-state index contributed by atoms with van der Waals surface area (Å²) in [6.45, 7) is 6.04. The molecule has 0 amide bonds. The Kier molecular flexibility index (Phi) is 4.77. The molecule has 0 aromatic carbocycles. The van der Waals surface area contributed by atoms with E-state index in [9.17, 15) is 5.11 Å². The zero-order valence-electron chi connectivity index (χ0n) is 12.9. The van der Waals surface area contributed by atoms with Gasteiger partial charge in [0.15, 0.2) is 0 Å². The van der Waals surface area contributed by atoms with E-state index in [2.05, 4.69) is 23.8 Å². The lowest BCUT2D eigenvalue weighted by atomic mass is 9.72. The number of hydrogen-bond donors (Lipinski definition) is 1. The molecule has 0 bridgehead atoms. The van der Waals surface area contributed by atoms with E-state index >= 15 is 0 Å². The Morgan fingerprint density at radius 2 is 2.00 bits per heavy atom. The number of likely N-dealkylation sites (N-methyl/N-ethyl adjacent to an activating group) is 1. The topological polar surface area (TPSA) is 41.3 Å². The molecule has 2 unspecified atom stereocenters. The molecular weight excluding hydrogens is 274 g/mol. The number of hydrogen-bond acceptors (Lipinski definition) is 3. The van der Waals surface area contributed by atoms with Gasteiger partial charge in [-0.25, -0.2) is 0 Å². The monoisotopic (exact) mass is 299 g/mol. The number of aliphatic hydroxyl groups is 1. The molecule has 1 aromatic heterocycles. The number of nitrogens with zero attached hydrogens (tertiary/aromatic N) is 3. The molecule has 0 radical (unpaired) electrons. The second-order valence-electron chi connectivity index (χ2n) is 6.75. The van der Waals surface area contributed by atoms with Crippen LogP contribution in [-0.2, 0) is 12.1 Å². The smallest absolute Gasteiger partial charge is 0.108 e. The summed E-state index contributed by atoms with van der Waals surface area (Å²) < 4.78 is 1.88. The molecule has 1 saturated carbocycles. The van der Waals surface area contributed by atoms with Crippen molar-refractivity contribution in [2.24, 2.45) is 11.8 Å². The third kappa shape index (κ3) is 3.35. The van der Waals surface area contributed by atoms with Crippen LogP contribution in [0, 0.1) is 11.8 Å². The first-order chi connectivity index (χ1) is 9.32. The van der Waals surface area contributed by atoms with Gasteiger partial charge in [0.25, 0.3) is 0 Å². The molecule has 2 atom stereocenters. The molecule has 1 N–H and O–H groups in total. The van der Waals surface area contributed by atoms with E-state index in [0.717, 1.165) is 31.6 Å². The van der Waals surface area contributed by atoms with Crippen LogP contribution in [0.5, 0.6) is 0 Å². The highest BCUT2D eigenvalue weighted by Crippen LogP contribution is 2.44. The molecule has 1 aliphatic rings. The average Bonchev–Trinajstić information content (AvgIpc) is 2.66. The van der Waals surface area contributed by atoms with E-state index in [1.165, 1.54) is 6.42 Å². The van der Waals surface area contributed by atoms with Crippen LogP contribution in [-0.4, -0.2) is 40.4 Å². The molecule has 5 heteroatoms. The standard InChI is InChI=1S/C15H26ClN3O/c1-11-7-12(2)9-15(20,8-11)14-13(16)10-17-19(14)6-5-18(3)4/h10-12,20H,5-9H2,1-4H3. The molecule has 0 aliphatic heterocycles. The van der Waals surface area contributed by atoms with E-state index in [-0.39, 0.29) is 0 Å². The van der Waals surface area contributed by atoms with E-state index in [1.807, 2.05) is 18.8 Å². The van der Waals surface area contributed by atoms with Crippen LogP contribution in [0.15, 0.2) is 6.20 Å². The predicted molar refractivity (Wildman–Crippen MR) is 81.9 cm³/mol. The van der Waals surface area contributed by atoms with Gasteiger partial charge in [-0.3, -0.25) is 4.68 Å². The molecule has 1 aliphatic carbocycles. The van der Waals surface area contributed by atoms with Crippen molar-refractivity contribution in [3.05, 3.63) is 16.9 Å². The first kappa shape index (κ1) is 15.8. The zero-order valence-corrected chi connectivity index (χ0v) is 13.7. The van der Waals surface area contributed by atoms with Gasteiger partial charge >= 0.3 is 0 Å². The second kappa shape index (κ2) is 6.04. The third-order valence-electron chi connectivity index (χ3n) is 4.17. The van der Waals surface area contributed by atoms with Gasteiger partial charge in [0, 0.05) is 6.54 Å². The molecule has 20 heavy (non-hydrogen) atoms. The maximum atomic E-state index is 11.1. The summed E-state index contributed by atoms with van der Waals surface area (Å²) in [5.41, 5.74) is -0.0313. The summed E-state index contributed by atoms with van der Waals surface area (Å²) in [5, 5.41) is 16.1. The van der Waals surface area contributed by atoms with Crippen molar-refractivity contribution in [2.45, 2.75) is 45.3 Å². The lowest BCUT2D eigenvalue weighted by Crippen LogP contribution is -2.38. The number of rotatable bonds is 4. The molecule has 1 aromatic rings. The summed E-state index contributed by atoms with van der Waals surface area (Å²) in [5.74, 6) is 1.02. The van der Waals surface area contributed by atoms with Gasteiger partial charge in [0.1, 0.15) is 5.60 Å². The first-order valence-electron chi connectivity index (χ1n) is 7.40. The van der Waals surface area contributed by atoms with Crippen molar-refractivity contribution in [1.29, 1.82) is 0 Å². The quantitative estimate of drug-likeness (QED) is 0.929. The Labute approximate surface area is 126 Å². The van der Waals surface area contributed by atoms with Gasteiger partial charge < -0.3 is 10.0 Å². The highest BCUT2D eigenvalue weighted by atomic mass is 35.5. The Morgan fingerprint density at radius 3 is 2.55 bits per heavy atom. The van der Waals surface area contributed by atoms with E-state index in [0.29, 0.717) is 16.9 Å². The Balaban J connectivity index is 2.28. The highest BCUT2D eigenvalue weighted by molar-refractivity contribution is 6.31. The van der Waals surface area contributed by atoms with Crippen LogP contribution in [0.1, 0.15) is 38.8 Å². The molecule has 1 fully saturated rings. The summed E-state index contributed by atoms with van der Waals surface area (Å²) in [7, 11) is 4.06. The van der Waals surface area contributed by atoms with Crippen molar-refractivity contribution in [1.82, 2.24) is 14.7 Å². The predicted octanol–water partition coefficient (Wildman–Crippen LogP) is 2.74. The molecule has 2 rings (SSSR count). The Bertz CT molecular complexity index is 448. The lowest BCUT2D eigenvalue weighted by Gasteiger charge is -2.39. The van der Waals surface area contributed by atoms with Crippen LogP contribution in [0.25, 0.3) is 0 Å². The van der Waals surface area contributed by atoms with Crippen LogP contribution < -0.4 is 0 Å². The van der Waals surface area contributed by atoms with Crippen LogP contribution in [0.3, 0.4) is 0 Å². The van der Waals surface area contributed by atoms with Crippen LogP contribution in [0.2, 0.25) is 5.02 Å². The minimum atomic E-state index is -0.836. The van der Waals surface area contributed by atoms with Crippen LogP contribution >= 0.6 is 11.6 Å². The van der Waals surface area contributed by atoms with Crippen molar-refractivity contribution in [3.63, 3.8) is 0 Å². The fourth-order valence-corrected chi connectivity index (χ4v) is 3.89. The summed E-state index contributed by atoms with van der Waals surface area (Å²) in [6.07, 6.45) is 4.37. The van der Waals surface area contributed by atoms with E-state index in [4.69, 9.17) is 11.6 Å². The van der Waals surface area contributed by atoms with Crippen molar-refractivity contribution < 1.29 is 5.11 Å².